The molecular formula is C10H12BrFS. The molecule has 1 rings (SSSR count). The highest BCUT2D eigenvalue weighted by Gasteiger charge is 2.15. The smallest absolute Gasteiger partial charge is 0.114 e. The molecule has 72 valence electrons. The molecule has 0 atom stereocenters. The molecule has 0 N–H and O–H groups in total. The van der Waals surface area contributed by atoms with Crippen molar-refractivity contribution in [2.75, 3.05) is 5.75 Å². The van der Waals surface area contributed by atoms with Gasteiger partial charge in [-0.3, -0.25) is 0 Å². The van der Waals surface area contributed by atoms with Gasteiger partial charge in [-0.2, -0.15) is 0 Å². The van der Waals surface area contributed by atoms with E-state index in [2.05, 4.69) is 15.9 Å². The Balaban J connectivity index is 2.51. The third kappa shape index (κ3) is 4.67. The third-order valence-corrected chi connectivity index (χ3v) is 3.36. The van der Waals surface area contributed by atoms with Gasteiger partial charge in [0.15, 0.2) is 0 Å². The van der Waals surface area contributed by atoms with Crippen molar-refractivity contribution in [1.82, 2.24) is 0 Å². The number of thioether (sulfide) groups is 1. The fourth-order valence-electron chi connectivity index (χ4n) is 0.786. The average Bonchev–Trinajstić information content (AvgIpc) is 2.02. The molecule has 0 saturated carbocycles. The van der Waals surface area contributed by atoms with Crippen LogP contribution in [0.3, 0.4) is 0 Å². The Bertz CT molecular complexity index is 263. The Labute approximate surface area is 91.0 Å². The Hall–Kier alpha value is -0.0200. The average molecular weight is 263 g/mol. The van der Waals surface area contributed by atoms with Gasteiger partial charge in [-0.1, -0.05) is 15.9 Å². The van der Waals surface area contributed by atoms with Crippen LogP contribution < -0.4 is 0 Å². The molecule has 0 nitrogen and oxygen atoms in total. The lowest BCUT2D eigenvalue weighted by Crippen LogP contribution is -2.14. The molecule has 0 aliphatic rings. The van der Waals surface area contributed by atoms with Crippen molar-refractivity contribution in [2.24, 2.45) is 0 Å². The number of benzene rings is 1. The van der Waals surface area contributed by atoms with Gasteiger partial charge in [0, 0.05) is 15.1 Å². The second-order valence-electron chi connectivity index (χ2n) is 3.46. The van der Waals surface area contributed by atoms with Gasteiger partial charge in [-0.25, -0.2) is 4.39 Å². The molecule has 0 saturated heterocycles. The molecule has 0 unspecified atom stereocenters. The Morgan fingerprint density at radius 3 is 2.31 bits per heavy atom. The minimum atomic E-state index is -1.10. The van der Waals surface area contributed by atoms with Gasteiger partial charge in [0.2, 0.25) is 0 Å². The maximum absolute atomic E-state index is 13.1. The maximum atomic E-state index is 13.1. The van der Waals surface area contributed by atoms with Crippen molar-refractivity contribution in [3.63, 3.8) is 0 Å². The van der Waals surface area contributed by atoms with Crippen LogP contribution in [0.2, 0.25) is 0 Å². The van der Waals surface area contributed by atoms with Crippen LogP contribution in [0.5, 0.6) is 0 Å². The zero-order valence-electron chi connectivity index (χ0n) is 7.68. The molecule has 0 aromatic heterocycles. The van der Waals surface area contributed by atoms with Gasteiger partial charge in [0.25, 0.3) is 0 Å². The quantitative estimate of drug-likeness (QED) is 0.733. The molecule has 1 aromatic carbocycles. The third-order valence-electron chi connectivity index (χ3n) is 1.40. The van der Waals surface area contributed by atoms with E-state index in [1.807, 2.05) is 24.3 Å². The first-order valence-electron chi connectivity index (χ1n) is 4.05. The lowest BCUT2D eigenvalue weighted by Gasteiger charge is -2.12. The summed E-state index contributed by atoms with van der Waals surface area (Å²) in [5.41, 5.74) is -1.10. The second kappa shape index (κ2) is 4.47. The zero-order valence-corrected chi connectivity index (χ0v) is 10.1. The highest BCUT2D eigenvalue weighted by Crippen LogP contribution is 2.25. The second-order valence-corrected chi connectivity index (χ2v) is 5.43. The van der Waals surface area contributed by atoms with Gasteiger partial charge >= 0.3 is 0 Å². The van der Waals surface area contributed by atoms with E-state index in [1.54, 1.807) is 25.6 Å². The van der Waals surface area contributed by atoms with Crippen LogP contribution in [0.25, 0.3) is 0 Å². The summed E-state index contributed by atoms with van der Waals surface area (Å²) >= 11 is 4.89. The van der Waals surface area contributed by atoms with Crippen molar-refractivity contribution in [1.29, 1.82) is 0 Å². The van der Waals surface area contributed by atoms with Crippen molar-refractivity contribution in [2.45, 2.75) is 24.4 Å². The lowest BCUT2D eigenvalue weighted by atomic mass is 10.2. The molecule has 0 radical (unpaired) electrons. The van der Waals surface area contributed by atoms with E-state index in [0.29, 0.717) is 5.75 Å². The van der Waals surface area contributed by atoms with Gasteiger partial charge < -0.3 is 0 Å². The van der Waals surface area contributed by atoms with Crippen molar-refractivity contribution in [3.8, 4) is 0 Å². The normalized spacial score (nSPS) is 11.7. The molecule has 3 heteroatoms. The molecule has 1 aromatic rings. The van der Waals surface area contributed by atoms with Crippen LogP contribution in [0.1, 0.15) is 13.8 Å². The summed E-state index contributed by atoms with van der Waals surface area (Å²) in [5.74, 6) is 0.495. The molecule has 0 fully saturated rings. The van der Waals surface area contributed by atoms with E-state index in [1.165, 1.54) is 0 Å². The molecular weight excluding hydrogens is 251 g/mol. The molecule has 0 aliphatic heterocycles. The summed E-state index contributed by atoms with van der Waals surface area (Å²) in [4.78, 5) is 1.11. The first kappa shape index (κ1) is 11.1. The standard InChI is InChI=1S/C10H12BrFS/c1-10(2,12)7-13-9-5-3-8(11)4-6-9/h3-6H,7H2,1-2H3. The van der Waals surface area contributed by atoms with Gasteiger partial charge in [0.05, 0.1) is 0 Å². The molecule has 0 amide bonds. The first-order chi connectivity index (χ1) is 5.97. The largest absolute Gasteiger partial charge is 0.244 e. The Kier molecular flexibility index (Phi) is 3.80. The van der Waals surface area contributed by atoms with Crippen LogP contribution in [0.4, 0.5) is 4.39 Å². The number of rotatable bonds is 3. The van der Waals surface area contributed by atoms with Crippen LogP contribution in [0, 0.1) is 0 Å². The molecule has 0 heterocycles. The Morgan fingerprint density at radius 1 is 1.31 bits per heavy atom. The summed E-state index contributed by atoms with van der Waals surface area (Å²) < 4.78 is 14.2. The minimum Gasteiger partial charge on any atom is -0.244 e. The van der Waals surface area contributed by atoms with E-state index in [-0.39, 0.29) is 0 Å². The molecule has 0 spiro atoms. The highest BCUT2D eigenvalue weighted by molar-refractivity contribution is 9.10. The van der Waals surface area contributed by atoms with E-state index in [4.69, 9.17) is 0 Å². The van der Waals surface area contributed by atoms with Crippen molar-refractivity contribution < 1.29 is 4.39 Å². The SMILES string of the molecule is CC(C)(F)CSc1ccc(Br)cc1. The summed E-state index contributed by atoms with van der Waals surface area (Å²) in [6.45, 7) is 3.19. The van der Waals surface area contributed by atoms with Gasteiger partial charge in [-0.05, 0) is 38.1 Å². The number of halogens is 2. The molecule has 0 bridgehead atoms. The van der Waals surface area contributed by atoms with E-state index >= 15 is 0 Å². The van der Waals surface area contributed by atoms with Crippen LogP contribution in [-0.4, -0.2) is 11.4 Å². The van der Waals surface area contributed by atoms with E-state index in [9.17, 15) is 4.39 Å². The highest BCUT2D eigenvalue weighted by atomic mass is 79.9. The summed E-state index contributed by atoms with van der Waals surface area (Å²) in [5, 5.41) is 0. The van der Waals surface area contributed by atoms with Gasteiger partial charge in [0.1, 0.15) is 5.67 Å². The zero-order chi connectivity index (χ0) is 9.90. The lowest BCUT2D eigenvalue weighted by molar-refractivity contribution is 0.253. The topological polar surface area (TPSA) is 0 Å². The molecule has 13 heavy (non-hydrogen) atoms. The fraction of sp³-hybridized carbons (Fsp3) is 0.400. The molecule has 0 aliphatic carbocycles. The van der Waals surface area contributed by atoms with Crippen LogP contribution >= 0.6 is 27.7 Å². The summed E-state index contributed by atoms with van der Waals surface area (Å²) in [6.07, 6.45) is 0. The maximum Gasteiger partial charge on any atom is 0.114 e. The van der Waals surface area contributed by atoms with Crippen molar-refractivity contribution in [3.05, 3.63) is 28.7 Å². The van der Waals surface area contributed by atoms with E-state index in [0.717, 1.165) is 9.37 Å². The van der Waals surface area contributed by atoms with Gasteiger partial charge in [-0.15, -0.1) is 11.8 Å². The fourth-order valence-corrected chi connectivity index (χ4v) is 1.89. The van der Waals surface area contributed by atoms with E-state index < -0.39 is 5.67 Å². The summed E-state index contributed by atoms with van der Waals surface area (Å²) in [6, 6.07) is 7.90. The minimum absolute atomic E-state index is 0.495. The van der Waals surface area contributed by atoms with Crippen LogP contribution in [-0.2, 0) is 0 Å². The number of hydrogen-bond donors (Lipinski definition) is 0. The van der Waals surface area contributed by atoms with Crippen LogP contribution in [0.15, 0.2) is 33.6 Å². The predicted molar refractivity (Wildman–Crippen MR) is 60.1 cm³/mol. The number of hydrogen-bond acceptors (Lipinski definition) is 1. The summed E-state index contributed by atoms with van der Waals surface area (Å²) in [7, 11) is 0. The predicted octanol–water partition coefficient (Wildman–Crippen LogP) is 4.29. The number of alkyl halides is 1. The van der Waals surface area contributed by atoms with Crippen molar-refractivity contribution >= 4 is 27.7 Å². The first-order valence-corrected chi connectivity index (χ1v) is 5.82. The monoisotopic (exact) mass is 262 g/mol. The Morgan fingerprint density at radius 2 is 1.85 bits per heavy atom.